The van der Waals surface area contributed by atoms with E-state index in [0.29, 0.717) is 11.3 Å². The number of H-pyrrole nitrogens is 1. The Labute approximate surface area is 223 Å². The van der Waals surface area contributed by atoms with Crippen LogP contribution in [-0.4, -0.2) is 87.1 Å². The van der Waals surface area contributed by atoms with Crippen LogP contribution in [0.2, 0.25) is 0 Å². The van der Waals surface area contributed by atoms with Gasteiger partial charge in [0.05, 0.1) is 12.5 Å². The van der Waals surface area contributed by atoms with Gasteiger partial charge in [-0.25, -0.2) is 4.79 Å². The van der Waals surface area contributed by atoms with E-state index in [4.69, 9.17) is 11.5 Å². The molecule has 1 aromatic heterocycles. The van der Waals surface area contributed by atoms with E-state index >= 15 is 0 Å². The SMILES string of the molecule is CSCCC(NC(=O)C(CC(N)=O)NC(=O)C(Cc1c[nH]c2ccccc12)NC(=O)C(N)C(C)O)C(=O)O. The van der Waals surface area contributed by atoms with Crippen LogP contribution < -0.4 is 27.4 Å². The lowest BCUT2D eigenvalue weighted by atomic mass is 10.0. The molecular weight excluding hydrogens is 516 g/mol. The Hall–Kier alpha value is -3.62. The number of aliphatic hydroxyl groups excluding tert-OH is 1. The van der Waals surface area contributed by atoms with Gasteiger partial charge in [0, 0.05) is 23.5 Å². The third kappa shape index (κ3) is 8.75. The zero-order valence-corrected chi connectivity index (χ0v) is 21.9. The number of aliphatic carboxylic acids is 1. The van der Waals surface area contributed by atoms with Crippen molar-refractivity contribution in [2.75, 3.05) is 12.0 Å². The Morgan fingerprint density at radius 3 is 2.21 bits per heavy atom. The fraction of sp³-hybridized carbons (Fsp3) is 0.458. The lowest BCUT2D eigenvalue weighted by Gasteiger charge is -2.25. The average Bonchev–Trinajstić information content (AvgIpc) is 3.27. The Morgan fingerprint density at radius 1 is 1.00 bits per heavy atom. The molecule has 0 spiro atoms. The fourth-order valence-electron chi connectivity index (χ4n) is 3.66. The molecule has 0 saturated heterocycles. The maximum Gasteiger partial charge on any atom is 0.326 e. The van der Waals surface area contributed by atoms with Crippen molar-refractivity contribution in [3.8, 4) is 0 Å². The molecule has 10 N–H and O–H groups in total. The summed E-state index contributed by atoms with van der Waals surface area (Å²) in [5, 5.41) is 27.1. The Bertz CT molecular complexity index is 1150. The van der Waals surface area contributed by atoms with Crippen LogP contribution in [0.25, 0.3) is 10.9 Å². The van der Waals surface area contributed by atoms with Crippen molar-refractivity contribution in [1.82, 2.24) is 20.9 Å². The number of hydrogen-bond acceptors (Lipinski definition) is 8. The summed E-state index contributed by atoms with van der Waals surface area (Å²) in [6, 6.07) is 1.96. The van der Waals surface area contributed by atoms with Crippen LogP contribution >= 0.6 is 11.8 Å². The van der Waals surface area contributed by atoms with E-state index in [2.05, 4.69) is 20.9 Å². The zero-order valence-electron chi connectivity index (χ0n) is 21.1. The molecule has 0 aliphatic rings. The number of thioether (sulfide) groups is 1. The van der Waals surface area contributed by atoms with E-state index < -0.39 is 66.3 Å². The summed E-state index contributed by atoms with van der Waals surface area (Å²) < 4.78 is 0. The van der Waals surface area contributed by atoms with Gasteiger partial charge in [-0.1, -0.05) is 18.2 Å². The van der Waals surface area contributed by atoms with E-state index in [1.807, 2.05) is 18.2 Å². The minimum Gasteiger partial charge on any atom is -0.480 e. The number of carbonyl (C=O) groups excluding carboxylic acids is 4. The quantitative estimate of drug-likeness (QED) is 0.130. The maximum absolute atomic E-state index is 13.3. The first-order valence-electron chi connectivity index (χ1n) is 11.8. The number of carboxylic acids is 1. The van der Waals surface area contributed by atoms with Gasteiger partial charge >= 0.3 is 5.97 Å². The molecule has 0 radical (unpaired) electrons. The number of benzene rings is 1. The van der Waals surface area contributed by atoms with E-state index in [0.717, 1.165) is 10.9 Å². The van der Waals surface area contributed by atoms with Crippen LogP contribution in [0.15, 0.2) is 30.5 Å². The van der Waals surface area contributed by atoms with Crippen molar-refractivity contribution >= 4 is 52.3 Å². The second-order valence-corrected chi connectivity index (χ2v) is 9.79. The van der Waals surface area contributed by atoms with Crippen LogP contribution in [-0.2, 0) is 30.4 Å². The molecule has 0 aliphatic carbocycles. The van der Waals surface area contributed by atoms with Crippen LogP contribution in [0.3, 0.4) is 0 Å². The summed E-state index contributed by atoms with van der Waals surface area (Å²) in [4.78, 5) is 65.1. The number of aromatic nitrogens is 1. The minimum atomic E-state index is -1.50. The van der Waals surface area contributed by atoms with Gasteiger partial charge in [-0.3, -0.25) is 19.2 Å². The topological polar surface area (TPSA) is 230 Å². The van der Waals surface area contributed by atoms with Crippen LogP contribution in [0.4, 0.5) is 0 Å². The molecule has 5 unspecified atom stereocenters. The number of primary amides is 1. The molecule has 0 fully saturated rings. The lowest BCUT2D eigenvalue weighted by Crippen LogP contribution is -2.59. The number of rotatable bonds is 15. The smallest absolute Gasteiger partial charge is 0.326 e. The third-order valence-electron chi connectivity index (χ3n) is 5.82. The number of para-hydroxylation sites is 1. The van der Waals surface area contributed by atoms with Crippen LogP contribution in [0, 0.1) is 0 Å². The van der Waals surface area contributed by atoms with Gasteiger partial charge < -0.3 is 42.6 Å². The van der Waals surface area contributed by atoms with Crippen molar-refractivity contribution in [1.29, 1.82) is 0 Å². The van der Waals surface area contributed by atoms with Gasteiger partial charge in [-0.05, 0) is 37.0 Å². The number of hydrogen-bond donors (Lipinski definition) is 8. The molecule has 1 aromatic carbocycles. The zero-order chi connectivity index (χ0) is 28.4. The summed E-state index contributed by atoms with van der Waals surface area (Å²) in [6.07, 6.45) is 1.74. The second kappa shape index (κ2) is 14.4. The summed E-state index contributed by atoms with van der Waals surface area (Å²) in [5.41, 5.74) is 12.5. The number of carboxylic acid groups (broad SMARTS) is 1. The normalized spacial score (nSPS) is 15.1. The summed E-state index contributed by atoms with van der Waals surface area (Å²) >= 11 is 1.39. The van der Waals surface area contributed by atoms with Gasteiger partial charge in [-0.2, -0.15) is 11.8 Å². The van der Waals surface area contributed by atoms with E-state index in [1.165, 1.54) is 18.7 Å². The highest BCUT2D eigenvalue weighted by atomic mass is 32.2. The number of amides is 4. The van der Waals surface area contributed by atoms with Gasteiger partial charge in [-0.15, -0.1) is 0 Å². The standard InChI is InChI=1S/C24H34N6O7S/c1-12(31)20(26)23(35)30-17(9-13-11-27-15-6-4-3-5-14(13)15)21(33)29-18(10-19(25)32)22(34)28-16(24(36)37)7-8-38-2/h3-6,11-12,16-18,20,27,31H,7-10,26H2,1-2H3,(H2,25,32)(H,28,34)(H,29,33)(H,30,35)(H,36,37). The molecule has 4 amide bonds. The van der Waals surface area contributed by atoms with Crippen molar-refractivity contribution in [3.63, 3.8) is 0 Å². The molecule has 14 heteroatoms. The van der Waals surface area contributed by atoms with Crippen LogP contribution in [0.1, 0.15) is 25.3 Å². The highest BCUT2D eigenvalue weighted by Gasteiger charge is 2.32. The lowest BCUT2D eigenvalue weighted by molar-refractivity contribution is -0.142. The van der Waals surface area contributed by atoms with Crippen molar-refractivity contribution in [2.24, 2.45) is 11.5 Å². The third-order valence-corrected chi connectivity index (χ3v) is 6.46. The number of aliphatic hydroxyl groups is 1. The first-order valence-corrected chi connectivity index (χ1v) is 13.2. The Kier molecular flexibility index (Phi) is 11.6. The molecule has 38 heavy (non-hydrogen) atoms. The molecule has 0 bridgehead atoms. The van der Waals surface area contributed by atoms with Gasteiger partial charge in [0.15, 0.2) is 0 Å². The molecule has 2 aromatic rings. The number of aromatic amines is 1. The van der Waals surface area contributed by atoms with Crippen molar-refractivity contribution in [2.45, 2.75) is 56.5 Å². The molecule has 13 nitrogen and oxygen atoms in total. The van der Waals surface area contributed by atoms with Crippen LogP contribution in [0.5, 0.6) is 0 Å². The van der Waals surface area contributed by atoms with Crippen molar-refractivity contribution < 1.29 is 34.2 Å². The molecule has 1 heterocycles. The Morgan fingerprint density at radius 2 is 1.61 bits per heavy atom. The summed E-state index contributed by atoms with van der Waals surface area (Å²) in [6.45, 7) is 1.32. The van der Waals surface area contributed by atoms with E-state index in [-0.39, 0.29) is 12.8 Å². The molecule has 0 saturated carbocycles. The first-order chi connectivity index (χ1) is 17.9. The monoisotopic (exact) mass is 550 g/mol. The van der Waals surface area contributed by atoms with E-state index in [9.17, 15) is 34.2 Å². The highest BCUT2D eigenvalue weighted by Crippen LogP contribution is 2.19. The summed E-state index contributed by atoms with van der Waals surface area (Å²) in [5.74, 6) is -4.28. The maximum atomic E-state index is 13.3. The average molecular weight is 551 g/mol. The number of fused-ring (bicyclic) bond motifs is 1. The van der Waals surface area contributed by atoms with Gasteiger partial charge in [0.2, 0.25) is 23.6 Å². The predicted octanol–water partition coefficient (Wildman–Crippen LogP) is -1.41. The molecule has 208 valence electrons. The summed E-state index contributed by atoms with van der Waals surface area (Å²) in [7, 11) is 0. The van der Waals surface area contributed by atoms with Gasteiger partial charge in [0.1, 0.15) is 24.2 Å². The van der Waals surface area contributed by atoms with E-state index in [1.54, 1.807) is 18.5 Å². The fourth-order valence-corrected chi connectivity index (χ4v) is 4.14. The molecule has 5 atom stereocenters. The number of nitrogens with one attached hydrogen (secondary N) is 4. The Balaban J connectivity index is 2.30. The molecule has 0 aliphatic heterocycles. The predicted molar refractivity (Wildman–Crippen MR) is 142 cm³/mol. The molecular formula is C24H34N6O7S. The van der Waals surface area contributed by atoms with Gasteiger partial charge in [0.25, 0.3) is 0 Å². The second-order valence-electron chi connectivity index (χ2n) is 8.80. The largest absolute Gasteiger partial charge is 0.480 e. The van der Waals surface area contributed by atoms with Crippen molar-refractivity contribution in [3.05, 3.63) is 36.0 Å². The number of nitrogens with two attached hydrogens (primary N) is 2. The molecule has 2 rings (SSSR count). The first kappa shape index (κ1) is 30.6. The highest BCUT2D eigenvalue weighted by molar-refractivity contribution is 7.98. The number of carbonyl (C=O) groups is 5. The minimum absolute atomic E-state index is 0.0233.